The number of rotatable bonds is 9. The van der Waals surface area contributed by atoms with Crippen molar-refractivity contribution in [3.05, 3.63) is 58.4 Å². The van der Waals surface area contributed by atoms with Crippen molar-refractivity contribution in [2.45, 2.75) is 59.3 Å². The van der Waals surface area contributed by atoms with Gasteiger partial charge in [-0.15, -0.1) is 0 Å². The van der Waals surface area contributed by atoms with Crippen molar-refractivity contribution in [1.82, 2.24) is 15.2 Å². The zero-order chi connectivity index (χ0) is 24.7. The highest BCUT2D eigenvalue weighted by molar-refractivity contribution is 5.90. The Balaban J connectivity index is 1.44. The molecule has 7 nitrogen and oxygen atoms in total. The summed E-state index contributed by atoms with van der Waals surface area (Å²) in [5.74, 6) is 0.0261. The number of nitrogens with one attached hydrogen (secondary N) is 2. The molecule has 2 N–H and O–H groups in total. The Morgan fingerprint density at radius 2 is 1.82 bits per heavy atom. The number of carbonyl (C=O) groups is 3. The highest BCUT2D eigenvalue weighted by Crippen LogP contribution is 2.23. The van der Waals surface area contributed by atoms with Crippen LogP contribution in [0, 0.1) is 19.8 Å². The molecule has 1 aromatic heterocycles. The van der Waals surface area contributed by atoms with E-state index in [1.807, 2.05) is 36.9 Å². The Morgan fingerprint density at radius 1 is 1.15 bits per heavy atom. The first-order chi connectivity index (χ1) is 16.3. The van der Waals surface area contributed by atoms with E-state index in [2.05, 4.69) is 29.4 Å². The molecular weight excluding hydrogens is 430 g/mol. The number of carbonyl (C=O) groups excluding carboxylic acids is 3. The van der Waals surface area contributed by atoms with Gasteiger partial charge in [-0.25, -0.2) is 4.79 Å². The number of amides is 2. The van der Waals surface area contributed by atoms with Gasteiger partial charge in [0.05, 0.1) is 6.61 Å². The van der Waals surface area contributed by atoms with Gasteiger partial charge in [-0.3, -0.25) is 9.59 Å². The molecule has 0 radical (unpaired) electrons. The molecule has 0 spiro atoms. The Hall–Kier alpha value is -3.09. The highest BCUT2D eigenvalue weighted by Gasteiger charge is 2.28. The molecule has 0 aliphatic carbocycles. The maximum Gasteiger partial charge on any atom is 0.355 e. The van der Waals surface area contributed by atoms with Gasteiger partial charge < -0.3 is 19.9 Å². The van der Waals surface area contributed by atoms with E-state index in [-0.39, 0.29) is 29.6 Å². The Bertz CT molecular complexity index is 991. The van der Waals surface area contributed by atoms with Gasteiger partial charge in [0.25, 0.3) is 0 Å². The van der Waals surface area contributed by atoms with Crippen molar-refractivity contribution >= 4 is 17.8 Å². The number of ether oxygens (including phenoxy) is 1. The normalized spacial score (nSPS) is 15.1. The minimum Gasteiger partial charge on any atom is -0.461 e. The molecule has 7 heteroatoms. The van der Waals surface area contributed by atoms with Crippen molar-refractivity contribution < 1.29 is 19.1 Å². The zero-order valence-electron chi connectivity index (χ0n) is 20.8. The predicted octanol–water partition coefficient (Wildman–Crippen LogP) is 3.90. The van der Waals surface area contributed by atoms with E-state index in [9.17, 15) is 14.4 Å². The lowest BCUT2D eigenvalue weighted by molar-refractivity contribution is -0.135. The fourth-order valence-electron chi connectivity index (χ4n) is 4.65. The number of aromatic nitrogens is 1. The summed E-state index contributed by atoms with van der Waals surface area (Å²) in [6.45, 7) is 9.84. The molecule has 1 aromatic carbocycles. The Kier molecular flexibility index (Phi) is 8.91. The van der Waals surface area contributed by atoms with Crippen molar-refractivity contribution in [3.63, 3.8) is 0 Å². The van der Waals surface area contributed by atoms with Crippen LogP contribution in [0.25, 0.3) is 0 Å². The number of nitrogens with zero attached hydrogens (tertiary/aromatic N) is 1. The van der Waals surface area contributed by atoms with Gasteiger partial charge in [0.1, 0.15) is 5.69 Å². The summed E-state index contributed by atoms with van der Waals surface area (Å²) < 4.78 is 5.10. The lowest BCUT2D eigenvalue weighted by Gasteiger charge is -2.31. The number of benzene rings is 1. The molecule has 1 fully saturated rings. The first-order valence-electron chi connectivity index (χ1n) is 12.3. The molecule has 2 aromatic rings. The van der Waals surface area contributed by atoms with Gasteiger partial charge in [-0.05, 0) is 62.6 Å². The summed E-state index contributed by atoms with van der Waals surface area (Å²) in [5, 5.41) is 3.09. The van der Waals surface area contributed by atoms with Crippen LogP contribution in [-0.2, 0) is 20.7 Å². The molecule has 0 saturated carbocycles. The minimum absolute atomic E-state index is 0.0478. The third kappa shape index (κ3) is 6.27. The van der Waals surface area contributed by atoms with E-state index in [1.54, 1.807) is 6.92 Å². The first-order valence-corrected chi connectivity index (χ1v) is 12.3. The van der Waals surface area contributed by atoms with Crippen LogP contribution in [0.15, 0.2) is 30.3 Å². The molecule has 2 heterocycles. The van der Waals surface area contributed by atoms with Crippen molar-refractivity contribution in [3.8, 4) is 0 Å². The zero-order valence-corrected chi connectivity index (χ0v) is 20.8. The van der Waals surface area contributed by atoms with Crippen molar-refractivity contribution in [2.75, 3.05) is 26.2 Å². The summed E-state index contributed by atoms with van der Waals surface area (Å²) in [5.41, 5.74) is 4.43. The third-order valence-electron chi connectivity index (χ3n) is 6.83. The lowest BCUT2D eigenvalue weighted by Crippen LogP contribution is -2.43. The second kappa shape index (κ2) is 11.9. The minimum atomic E-state index is -0.362. The van der Waals surface area contributed by atoms with Crippen LogP contribution >= 0.6 is 0 Å². The molecule has 184 valence electrons. The van der Waals surface area contributed by atoms with Crippen LogP contribution in [-0.4, -0.2) is 53.9 Å². The maximum absolute atomic E-state index is 12.8. The van der Waals surface area contributed by atoms with Gasteiger partial charge in [0.2, 0.25) is 11.8 Å². The molecule has 1 aliphatic rings. The fraction of sp³-hybridized carbons (Fsp3) is 0.519. The van der Waals surface area contributed by atoms with E-state index in [0.29, 0.717) is 57.6 Å². The number of H-pyrrole nitrogens is 1. The number of hydrogen-bond acceptors (Lipinski definition) is 4. The Morgan fingerprint density at radius 3 is 2.47 bits per heavy atom. The van der Waals surface area contributed by atoms with E-state index in [0.717, 1.165) is 16.8 Å². The monoisotopic (exact) mass is 467 g/mol. The molecule has 34 heavy (non-hydrogen) atoms. The summed E-state index contributed by atoms with van der Waals surface area (Å²) in [7, 11) is 0. The third-order valence-corrected chi connectivity index (χ3v) is 6.83. The van der Waals surface area contributed by atoms with E-state index in [1.165, 1.54) is 5.56 Å². The van der Waals surface area contributed by atoms with Gasteiger partial charge in [0.15, 0.2) is 0 Å². The van der Waals surface area contributed by atoms with Gasteiger partial charge in [-0.2, -0.15) is 0 Å². The van der Waals surface area contributed by atoms with Crippen molar-refractivity contribution in [2.24, 2.45) is 5.92 Å². The first kappa shape index (κ1) is 25.5. The van der Waals surface area contributed by atoms with Crippen molar-refractivity contribution in [1.29, 1.82) is 0 Å². The fourth-order valence-corrected chi connectivity index (χ4v) is 4.65. The number of esters is 1. The summed E-state index contributed by atoms with van der Waals surface area (Å²) in [6.07, 6.45) is 2.33. The largest absolute Gasteiger partial charge is 0.461 e. The average Bonchev–Trinajstić information content (AvgIpc) is 3.14. The van der Waals surface area contributed by atoms with E-state index >= 15 is 0 Å². The van der Waals surface area contributed by atoms with Gasteiger partial charge >= 0.3 is 5.97 Å². The van der Waals surface area contributed by atoms with Gasteiger partial charge in [0, 0.05) is 37.7 Å². The van der Waals surface area contributed by atoms with Gasteiger partial charge in [-0.1, -0.05) is 37.3 Å². The summed E-state index contributed by atoms with van der Waals surface area (Å²) in [6, 6.07) is 10.2. The van der Waals surface area contributed by atoms with Crippen LogP contribution in [0.1, 0.15) is 71.9 Å². The quantitative estimate of drug-likeness (QED) is 0.547. The Labute approximate surface area is 202 Å². The topological polar surface area (TPSA) is 91.5 Å². The number of aryl methyl sites for hydroxylation is 1. The van der Waals surface area contributed by atoms with E-state index in [4.69, 9.17) is 4.74 Å². The van der Waals surface area contributed by atoms with Crippen LogP contribution in [0.2, 0.25) is 0 Å². The van der Waals surface area contributed by atoms with Crippen LogP contribution < -0.4 is 5.32 Å². The molecule has 1 saturated heterocycles. The highest BCUT2D eigenvalue weighted by atomic mass is 16.5. The molecular formula is C27H37N3O4. The number of hydrogen-bond donors (Lipinski definition) is 2. The predicted molar refractivity (Wildman–Crippen MR) is 132 cm³/mol. The van der Waals surface area contributed by atoms with E-state index < -0.39 is 0 Å². The standard InChI is InChI=1S/C27H37N3O4/c1-5-34-27(33)25-19(3)23(20(4)29-25)11-12-24(31)30-15-13-22(14-16-30)26(32)28-17-18(2)21-9-7-6-8-10-21/h6-10,18,22,29H,5,11-17H2,1-4H3,(H,28,32)/t18-/m0/s1. The summed E-state index contributed by atoms with van der Waals surface area (Å²) in [4.78, 5) is 42.5. The molecule has 1 atom stereocenters. The second-order valence-electron chi connectivity index (χ2n) is 9.16. The smallest absolute Gasteiger partial charge is 0.355 e. The van der Waals surface area contributed by atoms with Crippen LogP contribution in [0.5, 0.6) is 0 Å². The summed E-state index contributed by atoms with van der Waals surface area (Å²) >= 11 is 0. The maximum atomic E-state index is 12.8. The average molecular weight is 468 g/mol. The number of piperidine rings is 1. The molecule has 0 bridgehead atoms. The van der Waals surface area contributed by atoms with Crippen LogP contribution in [0.4, 0.5) is 0 Å². The SMILES string of the molecule is CCOC(=O)c1[nH]c(C)c(CCC(=O)N2CCC(C(=O)NC[C@H](C)c3ccccc3)CC2)c1C. The van der Waals surface area contributed by atoms with Crippen LogP contribution in [0.3, 0.4) is 0 Å². The molecule has 2 amide bonds. The molecule has 1 aliphatic heterocycles. The second-order valence-corrected chi connectivity index (χ2v) is 9.16. The number of likely N-dealkylation sites (tertiary alicyclic amines) is 1. The lowest BCUT2D eigenvalue weighted by atomic mass is 9.94. The molecule has 3 rings (SSSR count). The number of aromatic amines is 1. The molecule has 0 unspecified atom stereocenters.